The fraction of sp³-hybridized carbons (Fsp3) is 0.615. The predicted octanol–water partition coefficient (Wildman–Crippen LogP) is 2.42. The molecule has 2 aromatic rings. The number of aromatic amines is 1. The van der Waals surface area contributed by atoms with Gasteiger partial charge in [0.25, 0.3) is 11.8 Å². The molecule has 2 aliphatic heterocycles. The van der Waals surface area contributed by atoms with Crippen molar-refractivity contribution in [3.05, 3.63) is 29.8 Å². The number of halogens is 3. The molecule has 212 valence electrons. The number of hydrogen-bond acceptors (Lipinski definition) is 7. The Morgan fingerprint density at radius 2 is 1.87 bits per heavy atom. The second-order valence-corrected chi connectivity index (χ2v) is 10.8. The topological polar surface area (TPSA) is 141 Å². The molecule has 0 spiro atoms. The minimum atomic E-state index is -3.59. The summed E-state index contributed by atoms with van der Waals surface area (Å²) >= 11 is 0. The van der Waals surface area contributed by atoms with Gasteiger partial charge in [-0.25, -0.2) is 18.2 Å². The van der Waals surface area contributed by atoms with Crippen molar-refractivity contribution in [2.24, 2.45) is 5.92 Å². The summed E-state index contributed by atoms with van der Waals surface area (Å²) < 4.78 is 47.2. The number of piperidine rings is 1. The van der Waals surface area contributed by atoms with Gasteiger partial charge < -0.3 is 25.2 Å². The highest BCUT2D eigenvalue weighted by atomic mass is 19.3. The van der Waals surface area contributed by atoms with Crippen molar-refractivity contribution in [3.63, 3.8) is 0 Å². The molecule has 0 radical (unpaired) electrons. The number of methoxy groups -OCH3 is 1. The molecule has 4 heterocycles. The number of carbonyl (C=O) groups is 2. The van der Waals surface area contributed by atoms with Gasteiger partial charge in [0.05, 0.1) is 19.0 Å². The zero-order valence-electron chi connectivity index (χ0n) is 21.5. The first kappa shape index (κ1) is 27.4. The molecule has 1 saturated carbocycles. The minimum Gasteiger partial charge on any atom is -0.481 e. The number of rotatable bonds is 7. The van der Waals surface area contributed by atoms with E-state index in [4.69, 9.17) is 9.84 Å². The third-order valence-electron chi connectivity index (χ3n) is 8.50. The maximum atomic E-state index is 14.3. The van der Waals surface area contributed by atoms with Gasteiger partial charge in [0.15, 0.2) is 5.82 Å². The summed E-state index contributed by atoms with van der Waals surface area (Å²) in [6.45, 7) is -1.42. The number of nitrogens with one attached hydrogen (secondary N) is 2. The molecule has 13 heteroatoms. The predicted molar refractivity (Wildman–Crippen MR) is 131 cm³/mol. The average molecular weight is 552 g/mol. The molecular formula is C26H32F3N5O5. The van der Waals surface area contributed by atoms with E-state index >= 15 is 0 Å². The van der Waals surface area contributed by atoms with Crippen LogP contribution in [0.25, 0.3) is 11.3 Å². The quantitative estimate of drug-likeness (QED) is 0.414. The number of ether oxygens (including phenoxy) is 1. The van der Waals surface area contributed by atoms with E-state index in [1.807, 2.05) is 0 Å². The first-order valence-electron chi connectivity index (χ1n) is 13.1. The molecule has 2 atom stereocenters. The average Bonchev–Trinajstić information content (AvgIpc) is 3.52. The highest BCUT2D eigenvalue weighted by Gasteiger charge is 2.53. The number of aromatic nitrogens is 3. The molecule has 1 aliphatic carbocycles. The molecule has 3 aliphatic rings. The second kappa shape index (κ2) is 10.4. The number of H-pyrrole nitrogens is 1. The molecule has 2 bridgehead atoms. The van der Waals surface area contributed by atoms with Crippen LogP contribution in [0.15, 0.2) is 18.3 Å². The highest BCUT2D eigenvalue weighted by Crippen LogP contribution is 2.42. The number of carbonyl (C=O) groups excluding carboxylic acids is 2. The maximum absolute atomic E-state index is 14.3. The summed E-state index contributed by atoms with van der Waals surface area (Å²) in [6, 6.07) is 2.27. The van der Waals surface area contributed by atoms with E-state index in [-0.39, 0.29) is 84.4 Å². The van der Waals surface area contributed by atoms with Crippen molar-refractivity contribution in [3.8, 4) is 17.1 Å². The Labute approximate surface area is 222 Å². The lowest BCUT2D eigenvalue weighted by molar-refractivity contribution is -0.214. The maximum Gasteiger partial charge on any atom is 0.298 e. The van der Waals surface area contributed by atoms with E-state index in [0.717, 1.165) is 19.0 Å². The number of hydrogen-bond donors (Lipinski definition) is 4. The van der Waals surface area contributed by atoms with Gasteiger partial charge in [-0.2, -0.15) is 5.10 Å². The number of aliphatic hydroxyl groups is 2. The summed E-state index contributed by atoms with van der Waals surface area (Å²) in [5.74, 6) is -4.73. The molecule has 3 fully saturated rings. The fourth-order valence-electron chi connectivity index (χ4n) is 6.23. The Balaban J connectivity index is 1.20. The Kier molecular flexibility index (Phi) is 7.31. The van der Waals surface area contributed by atoms with E-state index in [1.165, 1.54) is 19.2 Å². The number of amides is 2. The number of aliphatic hydroxyl groups excluding tert-OH is 1. The van der Waals surface area contributed by atoms with Crippen molar-refractivity contribution < 1.29 is 37.7 Å². The Morgan fingerprint density at radius 3 is 2.49 bits per heavy atom. The van der Waals surface area contributed by atoms with Gasteiger partial charge in [-0.15, -0.1) is 0 Å². The van der Waals surface area contributed by atoms with Crippen molar-refractivity contribution in [2.75, 3.05) is 13.7 Å². The van der Waals surface area contributed by atoms with Gasteiger partial charge in [0.2, 0.25) is 11.8 Å². The van der Waals surface area contributed by atoms with Gasteiger partial charge >= 0.3 is 0 Å². The van der Waals surface area contributed by atoms with E-state index < -0.39 is 23.9 Å². The number of pyridine rings is 1. The van der Waals surface area contributed by atoms with Crippen molar-refractivity contribution >= 4 is 11.8 Å². The summed E-state index contributed by atoms with van der Waals surface area (Å²) in [5, 5.41) is 29.0. The van der Waals surface area contributed by atoms with Gasteiger partial charge in [-0.1, -0.05) is 0 Å². The molecular weight excluding hydrogens is 519 g/mol. The van der Waals surface area contributed by atoms with E-state index in [9.17, 15) is 27.9 Å². The van der Waals surface area contributed by atoms with Crippen molar-refractivity contribution in [1.82, 2.24) is 25.4 Å². The van der Waals surface area contributed by atoms with Crippen LogP contribution in [0, 0.1) is 11.7 Å². The third kappa shape index (κ3) is 5.09. The molecule has 5 rings (SSSR count). The molecule has 2 saturated heterocycles. The van der Waals surface area contributed by atoms with Crippen molar-refractivity contribution in [1.29, 1.82) is 0 Å². The van der Waals surface area contributed by atoms with Crippen LogP contribution in [0.2, 0.25) is 0 Å². The van der Waals surface area contributed by atoms with Gasteiger partial charge in [0.1, 0.15) is 17.9 Å². The van der Waals surface area contributed by atoms with Crippen LogP contribution in [0.4, 0.5) is 13.2 Å². The zero-order valence-corrected chi connectivity index (χ0v) is 21.5. The molecule has 2 amide bonds. The summed E-state index contributed by atoms with van der Waals surface area (Å²) in [7, 11) is 1.41. The lowest BCUT2D eigenvalue weighted by atomic mass is 9.78. The lowest BCUT2D eigenvalue weighted by Gasteiger charge is -2.41. The minimum absolute atomic E-state index is 0.142. The monoisotopic (exact) mass is 551 g/mol. The fourth-order valence-corrected chi connectivity index (χ4v) is 6.23. The number of nitrogens with zero attached hydrogens (tertiary/aromatic N) is 3. The van der Waals surface area contributed by atoms with Gasteiger partial charge in [0, 0.05) is 35.7 Å². The number of fused-ring (bicyclic) bond motifs is 2. The van der Waals surface area contributed by atoms with Crippen LogP contribution in [0.3, 0.4) is 0 Å². The van der Waals surface area contributed by atoms with Crippen LogP contribution in [-0.4, -0.2) is 85.5 Å². The molecule has 0 aromatic carbocycles. The Morgan fingerprint density at radius 1 is 1.21 bits per heavy atom. The Bertz CT molecular complexity index is 1220. The smallest absolute Gasteiger partial charge is 0.298 e. The van der Waals surface area contributed by atoms with Crippen LogP contribution in [0.1, 0.15) is 61.9 Å². The molecule has 4 N–H and O–H groups in total. The summed E-state index contributed by atoms with van der Waals surface area (Å²) in [6.07, 6.45) is 3.43. The largest absolute Gasteiger partial charge is 0.481 e. The highest BCUT2D eigenvalue weighted by molar-refractivity contribution is 5.94. The second-order valence-electron chi connectivity index (χ2n) is 10.8. The standard InChI is InChI=1S/C26H32F3N5O5/c1-39-22-10-18(19(27)12-30-22)20-11-21(33-32-20)24(37)34-16-2-3-17(34)9-14(8-16)23(36)31-15-4-6-25(38,7-5-15)26(28,29)13-35/h10-12,14-17,35,38H,2-9,13H2,1H3,(H,31,36)(H,32,33). The SMILES string of the molecule is COc1cc(-c2cc(C(=O)N3C4CCC3CC(C(=O)NC3CCC(O)(C(F)(F)CO)CC3)C4)[nH]n2)c(F)cn1. The summed E-state index contributed by atoms with van der Waals surface area (Å²) in [5.41, 5.74) is -1.66. The first-order chi connectivity index (χ1) is 18.5. The van der Waals surface area contributed by atoms with Crippen LogP contribution < -0.4 is 10.1 Å². The summed E-state index contributed by atoms with van der Waals surface area (Å²) in [4.78, 5) is 32.0. The van der Waals surface area contributed by atoms with Crippen molar-refractivity contribution in [2.45, 2.75) is 81.0 Å². The Hall–Kier alpha value is -3.19. The van der Waals surface area contributed by atoms with Gasteiger partial charge in [-0.05, 0) is 57.4 Å². The third-order valence-corrected chi connectivity index (χ3v) is 8.50. The van der Waals surface area contributed by atoms with E-state index in [1.54, 1.807) is 4.90 Å². The molecule has 39 heavy (non-hydrogen) atoms. The van der Waals surface area contributed by atoms with E-state index in [0.29, 0.717) is 12.8 Å². The molecule has 2 aromatic heterocycles. The van der Waals surface area contributed by atoms with Crippen LogP contribution in [0.5, 0.6) is 5.88 Å². The lowest BCUT2D eigenvalue weighted by Crippen LogP contribution is -2.55. The number of alkyl halides is 2. The zero-order chi connectivity index (χ0) is 27.9. The van der Waals surface area contributed by atoms with E-state index in [2.05, 4.69) is 20.5 Å². The van der Waals surface area contributed by atoms with Crippen LogP contribution >= 0.6 is 0 Å². The molecule has 2 unspecified atom stereocenters. The first-order valence-corrected chi connectivity index (χ1v) is 13.1. The molecule has 10 nitrogen and oxygen atoms in total. The normalized spacial score (nSPS) is 28.8. The van der Waals surface area contributed by atoms with Gasteiger partial charge in [-0.3, -0.25) is 14.7 Å². The van der Waals surface area contributed by atoms with Crippen LogP contribution in [-0.2, 0) is 4.79 Å².